The van der Waals surface area contributed by atoms with Crippen molar-refractivity contribution in [3.63, 3.8) is 0 Å². The molecule has 146 valence electrons. The van der Waals surface area contributed by atoms with E-state index in [2.05, 4.69) is 10.00 Å². The highest BCUT2D eigenvalue weighted by Crippen LogP contribution is 2.33. The van der Waals surface area contributed by atoms with E-state index in [1.807, 2.05) is 31.0 Å². The van der Waals surface area contributed by atoms with Gasteiger partial charge in [0.25, 0.3) is 0 Å². The molecule has 0 N–H and O–H groups in total. The second-order valence-corrected chi connectivity index (χ2v) is 8.56. The molecule has 0 unspecified atom stereocenters. The average Bonchev–Trinajstić information content (AvgIpc) is 3.41. The number of rotatable bonds is 9. The first-order valence-electron chi connectivity index (χ1n) is 8.95. The van der Waals surface area contributed by atoms with Gasteiger partial charge < -0.3 is 4.74 Å². The van der Waals surface area contributed by atoms with Crippen LogP contribution >= 0.6 is 35.2 Å². The molecule has 0 radical (unpaired) electrons. The molecule has 1 aliphatic rings. The molecule has 1 heterocycles. The van der Waals surface area contributed by atoms with Crippen LogP contribution in [-0.4, -0.2) is 46.8 Å². The van der Waals surface area contributed by atoms with Crippen LogP contribution in [0.4, 0.5) is 5.13 Å². The second-order valence-electron chi connectivity index (χ2n) is 6.52. The Kier molecular flexibility index (Phi) is 6.86. The smallest absolute Gasteiger partial charge is 0.228 e. The summed E-state index contributed by atoms with van der Waals surface area (Å²) >= 11 is 12.7. The predicted octanol–water partition coefficient (Wildman–Crippen LogP) is 4.20. The number of halogens is 1. The standard InChI is InChI=1S/C18H23ClN4O2S2/c1-3-16(24)23(14-6-7-14)17-20-22(18(26)27-17)12-21(2)10-11-25-15-8-4-13(19)5-9-15/h4-5,8-9,14H,3,6-7,10-12H2,1-2H3. The lowest BCUT2D eigenvalue weighted by Crippen LogP contribution is -2.33. The number of amides is 1. The van der Waals surface area contributed by atoms with E-state index in [1.54, 1.807) is 16.8 Å². The molecule has 0 spiro atoms. The first-order chi connectivity index (χ1) is 13.0. The van der Waals surface area contributed by atoms with Gasteiger partial charge in [-0.1, -0.05) is 29.9 Å². The Bertz CT molecular complexity index is 833. The first-order valence-corrected chi connectivity index (χ1v) is 10.5. The molecule has 27 heavy (non-hydrogen) atoms. The number of aromatic nitrogens is 2. The first kappa shape index (κ1) is 20.3. The summed E-state index contributed by atoms with van der Waals surface area (Å²) in [6, 6.07) is 7.60. The summed E-state index contributed by atoms with van der Waals surface area (Å²) in [5.41, 5.74) is 0. The van der Waals surface area contributed by atoms with Gasteiger partial charge in [-0.05, 0) is 56.4 Å². The summed E-state index contributed by atoms with van der Waals surface area (Å²) in [5, 5.41) is 5.99. The van der Waals surface area contributed by atoms with Crippen molar-refractivity contribution in [2.45, 2.75) is 38.9 Å². The fraction of sp³-hybridized carbons (Fsp3) is 0.500. The monoisotopic (exact) mass is 426 g/mol. The average molecular weight is 427 g/mol. The third-order valence-electron chi connectivity index (χ3n) is 4.22. The summed E-state index contributed by atoms with van der Waals surface area (Å²) in [6.45, 7) is 3.70. The van der Waals surface area contributed by atoms with Crippen LogP contribution in [-0.2, 0) is 11.5 Å². The molecule has 1 fully saturated rings. The van der Waals surface area contributed by atoms with Crippen LogP contribution in [0, 0.1) is 3.95 Å². The normalized spacial score (nSPS) is 13.8. The summed E-state index contributed by atoms with van der Waals surface area (Å²) in [7, 11) is 1.99. The molecular weight excluding hydrogens is 404 g/mol. The van der Waals surface area contributed by atoms with E-state index in [-0.39, 0.29) is 11.9 Å². The van der Waals surface area contributed by atoms with Crippen LogP contribution in [0.5, 0.6) is 5.75 Å². The van der Waals surface area contributed by atoms with E-state index in [0.717, 1.165) is 25.1 Å². The molecule has 1 aromatic heterocycles. The number of carbonyl (C=O) groups is 1. The quantitative estimate of drug-likeness (QED) is 0.562. The van der Waals surface area contributed by atoms with Crippen LogP contribution in [0.15, 0.2) is 24.3 Å². The number of hydrogen-bond donors (Lipinski definition) is 0. The molecule has 0 saturated heterocycles. The van der Waals surface area contributed by atoms with Crippen molar-refractivity contribution in [2.24, 2.45) is 0 Å². The maximum absolute atomic E-state index is 12.2. The second kappa shape index (κ2) is 9.14. The zero-order chi connectivity index (χ0) is 19.4. The number of likely N-dealkylation sites (N-methyl/N-ethyl adjacent to an activating group) is 1. The largest absolute Gasteiger partial charge is 0.492 e. The zero-order valence-electron chi connectivity index (χ0n) is 15.4. The van der Waals surface area contributed by atoms with E-state index in [4.69, 9.17) is 28.6 Å². The van der Waals surface area contributed by atoms with Crippen molar-refractivity contribution in [1.29, 1.82) is 0 Å². The van der Waals surface area contributed by atoms with Gasteiger partial charge in [0.1, 0.15) is 12.4 Å². The Morgan fingerprint density at radius 2 is 2.11 bits per heavy atom. The Morgan fingerprint density at radius 1 is 1.41 bits per heavy atom. The van der Waals surface area contributed by atoms with Gasteiger partial charge in [-0.3, -0.25) is 14.6 Å². The van der Waals surface area contributed by atoms with Gasteiger partial charge in [0, 0.05) is 24.0 Å². The highest BCUT2D eigenvalue weighted by molar-refractivity contribution is 7.73. The molecule has 0 bridgehead atoms. The Hall–Kier alpha value is -1.48. The van der Waals surface area contributed by atoms with Crippen LogP contribution in [0.2, 0.25) is 5.02 Å². The van der Waals surface area contributed by atoms with E-state index in [1.165, 1.54) is 11.3 Å². The maximum Gasteiger partial charge on any atom is 0.228 e. The highest BCUT2D eigenvalue weighted by Gasteiger charge is 2.35. The third kappa shape index (κ3) is 5.51. The van der Waals surface area contributed by atoms with E-state index < -0.39 is 0 Å². The number of nitrogens with zero attached hydrogens (tertiary/aromatic N) is 4. The van der Waals surface area contributed by atoms with E-state index >= 15 is 0 Å². The van der Waals surface area contributed by atoms with Gasteiger partial charge in [0.2, 0.25) is 11.0 Å². The maximum atomic E-state index is 12.2. The molecular formula is C18H23ClN4O2S2. The molecule has 1 saturated carbocycles. The minimum absolute atomic E-state index is 0.109. The fourth-order valence-corrected chi connectivity index (χ4v) is 3.90. The van der Waals surface area contributed by atoms with Gasteiger partial charge >= 0.3 is 0 Å². The summed E-state index contributed by atoms with van der Waals surface area (Å²) < 4.78 is 8.17. The molecule has 0 atom stereocenters. The Labute approximate surface area is 173 Å². The minimum atomic E-state index is 0.109. The van der Waals surface area contributed by atoms with Gasteiger partial charge in [0.15, 0.2) is 3.95 Å². The van der Waals surface area contributed by atoms with E-state index in [0.29, 0.717) is 33.8 Å². The molecule has 3 rings (SSSR count). The van der Waals surface area contributed by atoms with Gasteiger partial charge in [-0.25, -0.2) is 4.68 Å². The number of carbonyl (C=O) groups excluding carboxylic acids is 1. The molecule has 1 aliphatic carbocycles. The van der Waals surface area contributed by atoms with Crippen molar-refractivity contribution < 1.29 is 9.53 Å². The van der Waals surface area contributed by atoms with Crippen molar-refractivity contribution in [3.05, 3.63) is 33.2 Å². The lowest BCUT2D eigenvalue weighted by molar-refractivity contribution is -0.118. The van der Waals surface area contributed by atoms with Crippen LogP contribution in [0.1, 0.15) is 26.2 Å². The molecule has 0 aliphatic heterocycles. The topological polar surface area (TPSA) is 50.6 Å². The predicted molar refractivity (Wildman–Crippen MR) is 111 cm³/mol. The van der Waals surface area contributed by atoms with Crippen molar-refractivity contribution in [1.82, 2.24) is 14.7 Å². The Morgan fingerprint density at radius 3 is 2.74 bits per heavy atom. The van der Waals surface area contributed by atoms with Gasteiger partial charge in [0.05, 0.1) is 6.67 Å². The van der Waals surface area contributed by atoms with Crippen LogP contribution < -0.4 is 9.64 Å². The lowest BCUT2D eigenvalue weighted by atomic mass is 10.3. The van der Waals surface area contributed by atoms with Gasteiger partial charge in [-0.15, -0.1) is 5.10 Å². The number of anilines is 1. The van der Waals surface area contributed by atoms with Crippen LogP contribution in [0.25, 0.3) is 0 Å². The molecule has 2 aromatic rings. The fourth-order valence-electron chi connectivity index (χ4n) is 2.60. The Balaban J connectivity index is 1.55. The van der Waals surface area contributed by atoms with Crippen LogP contribution in [0.3, 0.4) is 0 Å². The summed E-state index contributed by atoms with van der Waals surface area (Å²) in [6.07, 6.45) is 2.56. The number of benzene rings is 1. The van der Waals surface area contributed by atoms with Crippen molar-refractivity contribution in [2.75, 3.05) is 25.1 Å². The summed E-state index contributed by atoms with van der Waals surface area (Å²) in [5.74, 6) is 0.900. The zero-order valence-corrected chi connectivity index (χ0v) is 17.8. The van der Waals surface area contributed by atoms with E-state index in [9.17, 15) is 4.79 Å². The summed E-state index contributed by atoms with van der Waals surface area (Å²) in [4.78, 5) is 16.1. The highest BCUT2D eigenvalue weighted by atomic mass is 35.5. The van der Waals surface area contributed by atoms with Gasteiger partial charge in [-0.2, -0.15) is 0 Å². The minimum Gasteiger partial charge on any atom is -0.492 e. The molecule has 9 heteroatoms. The molecule has 6 nitrogen and oxygen atoms in total. The van der Waals surface area contributed by atoms with Crippen molar-refractivity contribution >= 4 is 46.2 Å². The number of ether oxygens (including phenoxy) is 1. The molecule has 1 aromatic carbocycles. The SMILES string of the molecule is CCC(=O)N(c1nn(CN(C)CCOc2ccc(Cl)cc2)c(=S)s1)C1CC1. The lowest BCUT2D eigenvalue weighted by Gasteiger charge is -2.19. The van der Waals surface area contributed by atoms with Crippen molar-refractivity contribution in [3.8, 4) is 5.75 Å². The molecule has 1 amide bonds. The number of hydrogen-bond acceptors (Lipinski definition) is 6. The third-order valence-corrected chi connectivity index (χ3v) is 5.77.